The number of carbonyl (C=O) groups excluding carboxylic acids is 4. The molecule has 8 rings (SSSR count). The number of cyclic esters (lactones) is 1. The number of nitrogens with one attached hydrogen (secondary N) is 4. The molecule has 1 fully saturated rings. The molecule has 0 spiro atoms. The monoisotopic (exact) mass is 1260 g/mol. The highest BCUT2D eigenvalue weighted by Gasteiger charge is 2.52. The quantitative estimate of drug-likeness (QED) is 0.0411. The molecule has 0 radical (unpaired) electrons. The summed E-state index contributed by atoms with van der Waals surface area (Å²) in [5.41, 5.74) is 2.65. The molecular formula is C67H87ClN6O12Si2. The van der Waals surface area contributed by atoms with Crippen LogP contribution >= 0.6 is 11.1 Å². The number of aromatic nitrogens is 2. The first-order chi connectivity index (χ1) is 41.2. The van der Waals surface area contributed by atoms with Crippen molar-refractivity contribution in [1.29, 1.82) is 0 Å². The molecule has 5 bridgehead atoms. The molecule has 0 aliphatic carbocycles. The van der Waals surface area contributed by atoms with Crippen LogP contribution in [0.1, 0.15) is 127 Å². The van der Waals surface area contributed by atoms with Gasteiger partial charge < -0.3 is 40.1 Å². The van der Waals surface area contributed by atoms with Crippen LogP contribution in [0, 0.1) is 11.3 Å². The molecule has 1 unspecified atom stereocenters. The van der Waals surface area contributed by atoms with Crippen LogP contribution in [0.3, 0.4) is 0 Å². The molecule has 0 saturated carbocycles. The molecule has 472 valence electrons. The van der Waals surface area contributed by atoms with Crippen molar-refractivity contribution in [2.45, 2.75) is 156 Å². The SMILES string of the molecule is CC(C)(C)[Si](Cl)(c1ccccc1)c1ccccc1.CC(C)[C@@H]1NC(=O)C(C)(C)/C=C/c2ccc3c(=O)[nH]c(nc3c2)[C@@H](C)OC(=O)C2CCCN(N2)C(=O)[C@H](C)NC1=O.C[C@@H](O)C(=O)O.C[C@@H](O[Si](c1ccccc1)(c1ccccc1)C(C)(C)C)C(=O)O. The summed E-state index contributed by atoms with van der Waals surface area (Å²) in [6, 6.07) is 43.7. The van der Waals surface area contributed by atoms with E-state index in [0.717, 1.165) is 10.4 Å². The number of fused-ring (bicyclic) bond motifs is 4. The third kappa shape index (κ3) is 17.8. The molecule has 3 amide bonds. The summed E-state index contributed by atoms with van der Waals surface area (Å²) in [6.45, 7) is 26.5. The molecule has 1 aromatic heterocycles. The number of benzene rings is 5. The fourth-order valence-corrected chi connectivity index (χ4v) is 18.9. The minimum absolute atomic E-state index is 0.0667. The Morgan fingerprint density at radius 3 is 1.66 bits per heavy atom. The van der Waals surface area contributed by atoms with Gasteiger partial charge in [-0.15, -0.1) is 0 Å². The molecule has 6 atom stereocenters. The summed E-state index contributed by atoms with van der Waals surface area (Å²) in [6.07, 6.45) is 1.48. The Kier molecular flexibility index (Phi) is 24.7. The number of hydrogen-bond acceptors (Lipinski definition) is 12. The van der Waals surface area contributed by atoms with Crippen molar-refractivity contribution in [3.63, 3.8) is 0 Å². The number of ether oxygens (including phenoxy) is 1. The van der Waals surface area contributed by atoms with E-state index in [2.05, 4.69) is 140 Å². The van der Waals surface area contributed by atoms with Gasteiger partial charge in [-0.25, -0.2) is 20.0 Å². The Balaban J connectivity index is 0.000000251. The van der Waals surface area contributed by atoms with Crippen LogP contribution in [0.15, 0.2) is 150 Å². The van der Waals surface area contributed by atoms with E-state index in [4.69, 9.17) is 30.5 Å². The van der Waals surface area contributed by atoms with E-state index in [1.54, 1.807) is 65.0 Å². The molecule has 88 heavy (non-hydrogen) atoms. The lowest BCUT2D eigenvalue weighted by molar-refractivity contribution is -0.157. The number of hydrogen-bond donors (Lipinski definition) is 7. The van der Waals surface area contributed by atoms with Gasteiger partial charge in [0.1, 0.15) is 30.3 Å². The standard InChI is InChI=1S/C29H38N6O6.C19H24O3Si.C16H19ClSi.C3H6O3/c1-15(2)22-25(37)30-16(3)26(38)35-13-7-8-20(34-35)27(39)41-17(4)23-31-21-14-18(9-10-19(21)24(36)33-23)11-12-29(5,6)28(40)32-22;1-15(18(20)21)22-23(19(2,3)4,16-11-7-5-8-12-16)17-13-9-6-10-14-17;1-16(2,3)18(17,14-10-6-4-7-11-14)15-12-8-5-9-13-15;1-2(4)3(5)6/h9-12,14-17,20,22,34H,7-8,13H2,1-6H3,(H,30,37)(H,32,40)(H,31,33,36);5-15H,1-4H3,(H,20,21);4-13H,1-3H3;2,4H,1H3,(H,5,6)/b12-11+;;;/t16-,17+,20?,22-;15-;;2-/m01.1/s1. The minimum atomic E-state index is -2.76. The number of nitrogens with zero attached hydrogens (tertiary/aromatic N) is 2. The van der Waals surface area contributed by atoms with Gasteiger partial charge in [0, 0.05) is 6.54 Å². The number of aliphatic hydroxyl groups excluding tert-OH is 1. The van der Waals surface area contributed by atoms with Gasteiger partial charge >= 0.3 is 17.9 Å². The average Bonchev–Trinajstić information content (AvgIpc) is 2.65. The van der Waals surface area contributed by atoms with Gasteiger partial charge in [0.05, 0.1) is 16.3 Å². The van der Waals surface area contributed by atoms with E-state index in [1.807, 2.05) is 62.4 Å². The van der Waals surface area contributed by atoms with Crippen LogP contribution in [0.4, 0.5) is 0 Å². The molecule has 21 heteroatoms. The van der Waals surface area contributed by atoms with Crippen LogP contribution < -0.4 is 42.4 Å². The molecule has 2 aliphatic rings. The number of aliphatic carboxylic acids is 2. The lowest BCUT2D eigenvalue weighted by atomic mass is 9.89. The third-order valence-electron chi connectivity index (χ3n) is 15.3. The number of hydrazine groups is 1. The molecular weight excluding hydrogens is 1170 g/mol. The molecule has 18 nitrogen and oxygen atoms in total. The number of carbonyl (C=O) groups is 6. The van der Waals surface area contributed by atoms with Crippen LogP contribution in [0.5, 0.6) is 0 Å². The first-order valence-electron chi connectivity index (χ1n) is 29.5. The van der Waals surface area contributed by atoms with Crippen molar-refractivity contribution in [3.05, 3.63) is 167 Å². The summed E-state index contributed by atoms with van der Waals surface area (Å²) in [4.78, 5) is 93.6. The number of amides is 3. The van der Waals surface area contributed by atoms with Crippen LogP contribution in [0.25, 0.3) is 17.0 Å². The fourth-order valence-electron chi connectivity index (χ4n) is 10.1. The Morgan fingerprint density at radius 2 is 1.22 bits per heavy atom. The predicted molar refractivity (Wildman–Crippen MR) is 351 cm³/mol. The van der Waals surface area contributed by atoms with E-state index in [1.165, 1.54) is 22.3 Å². The van der Waals surface area contributed by atoms with Gasteiger partial charge in [-0.2, -0.15) is 11.1 Å². The average molecular weight is 1260 g/mol. The van der Waals surface area contributed by atoms with Crippen molar-refractivity contribution in [1.82, 2.24) is 31.0 Å². The minimum Gasteiger partial charge on any atom is -0.479 e. The predicted octanol–water partition coefficient (Wildman–Crippen LogP) is 7.99. The first-order valence-corrected chi connectivity index (χ1v) is 34.4. The lowest BCUT2D eigenvalue weighted by Gasteiger charge is -2.44. The van der Waals surface area contributed by atoms with Gasteiger partial charge in [-0.1, -0.05) is 195 Å². The van der Waals surface area contributed by atoms with Gasteiger partial charge in [-0.3, -0.25) is 29.0 Å². The zero-order valence-electron chi connectivity index (χ0n) is 52.9. The second-order valence-electron chi connectivity index (χ2n) is 25.0. The number of H-pyrrole nitrogens is 1. The highest BCUT2D eigenvalue weighted by molar-refractivity contribution is 7.35. The number of rotatable bonds is 9. The number of carboxylic acids is 2. The highest BCUT2D eigenvalue weighted by atomic mass is 35.6. The van der Waals surface area contributed by atoms with Crippen LogP contribution in [-0.2, 0) is 37.9 Å². The topological polar surface area (TPSA) is 267 Å². The Bertz CT molecular complexity index is 3350. The van der Waals surface area contributed by atoms with Gasteiger partial charge in [0.2, 0.25) is 19.2 Å². The smallest absolute Gasteiger partial charge is 0.332 e. The van der Waals surface area contributed by atoms with Crippen LogP contribution in [-0.4, -0.2) is 119 Å². The maximum atomic E-state index is 13.3. The molecule has 2 aliphatic heterocycles. The molecule has 1 saturated heterocycles. The number of esters is 1. The zero-order chi connectivity index (χ0) is 65.5. The van der Waals surface area contributed by atoms with Crippen molar-refractivity contribution >= 4 is 100 Å². The van der Waals surface area contributed by atoms with Crippen molar-refractivity contribution in [2.24, 2.45) is 11.3 Å². The summed E-state index contributed by atoms with van der Waals surface area (Å²) < 4.78 is 12.0. The van der Waals surface area contributed by atoms with E-state index in [-0.39, 0.29) is 33.3 Å². The second kappa shape index (κ2) is 30.5. The molecule has 5 aromatic carbocycles. The summed E-state index contributed by atoms with van der Waals surface area (Å²) in [5, 5.41) is 37.0. The van der Waals surface area contributed by atoms with Crippen LogP contribution in [0.2, 0.25) is 10.1 Å². The van der Waals surface area contributed by atoms with E-state index in [9.17, 15) is 38.7 Å². The Morgan fingerprint density at radius 1 is 0.727 bits per heavy atom. The van der Waals surface area contributed by atoms with Gasteiger partial charge in [-0.05, 0) is 109 Å². The maximum absolute atomic E-state index is 13.3. The number of carboxylic acid groups (broad SMARTS) is 2. The lowest BCUT2D eigenvalue weighted by Crippen LogP contribution is -2.68. The van der Waals surface area contributed by atoms with E-state index < -0.39 is 87.3 Å². The summed E-state index contributed by atoms with van der Waals surface area (Å²) in [7, 11) is -4.99. The molecule has 7 N–H and O–H groups in total. The van der Waals surface area contributed by atoms with E-state index in [0.29, 0.717) is 35.9 Å². The molecule has 6 aromatic rings. The largest absolute Gasteiger partial charge is 0.479 e. The first kappa shape index (κ1) is 71.2. The summed E-state index contributed by atoms with van der Waals surface area (Å²) in [5.74, 6) is -4.06. The van der Waals surface area contributed by atoms with Crippen molar-refractivity contribution in [3.8, 4) is 0 Å². The summed E-state index contributed by atoms with van der Waals surface area (Å²) >= 11 is 7.21. The third-order valence-corrected chi connectivity index (χ3v) is 27.7. The number of aliphatic hydroxyl groups is 1. The maximum Gasteiger partial charge on any atom is 0.332 e. The van der Waals surface area contributed by atoms with E-state index >= 15 is 0 Å². The Hall–Kier alpha value is -7.60. The Labute approximate surface area is 523 Å². The fraction of sp³-hybridized carbons (Fsp3) is 0.403. The second-order valence-corrected chi connectivity index (χ2v) is 34.9. The van der Waals surface area contributed by atoms with Gasteiger partial charge in [0.25, 0.3) is 19.8 Å². The van der Waals surface area contributed by atoms with Crippen molar-refractivity contribution < 1.29 is 53.2 Å². The van der Waals surface area contributed by atoms with Gasteiger partial charge in [0.15, 0.2) is 11.9 Å². The zero-order valence-corrected chi connectivity index (χ0v) is 55.6. The van der Waals surface area contributed by atoms with Crippen molar-refractivity contribution in [2.75, 3.05) is 6.54 Å². The number of halogens is 1. The normalized spacial score (nSPS) is 19.5. The highest BCUT2D eigenvalue weighted by Crippen LogP contribution is 2.39. The molecule has 3 heterocycles. The number of aromatic amines is 1.